The van der Waals surface area contributed by atoms with Gasteiger partial charge in [0.15, 0.2) is 0 Å². The van der Waals surface area contributed by atoms with E-state index < -0.39 is 21.4 Å². The van der Waals surface area contributed by atoms with E-state index in [9.17, 15) is 21.6 Å². The van der Waals surface area contributed by atoms with Gasteiger partial charge in [0.2, 0.25) is 5.76 Å². The minimum Gasteiger partial charge on any atom is -0.492 e. The first-order chi connectivity index (χ1) is 12.3. The zero-order valence-corrected chi connectivity index (χ0v) is 15.2. The highest BCUT2D eigenvalue weighted by Crippen LogP contribution is 2.26. The molecule has 144 valence electrons. The standard InChI is InChI=1S/C18H21F3O4S/c1-2-3-4-5-6-10-13-17(25-26(22,23)18(19,20)21)15-24-14-16-11-8-7-9-12-16/h7-9,11-12,15H,2-6,14H2,1H3/b17-15-. The lowest BCUT2D eigenvalue weighted by molar-refractivity contribution is -0.0520. The monoisotopic (exact) mass is 390 g/mol. The van der Waals surface area contributed by atoms with E-state index in [2.05, 4.69) is 16.0 Å². The van der Waals surface area contributed by atoms with Crippen molar-refractivity contribution in [2.75, 3.05) is 0 Å². The van der Waals surface area contributed by atoms with Crippen molar-refractivity contribution in [3.63, 3.8) is 0 Å². The van der Waals surface area contributed by atoms with Crippen LogP contribution < -0.4 is 0 Å². The third-order valence-corrected chi connectivity index (χ3v) is 4.10. The van der Waals surface area contributed by atoms with Crippen LogP contribution in [0.3, 0.4) is 0 Å². The number of hydrogen-bond donors (Lipinski definition) is 0. The molecule has 0 spiro atoms. The smallest absolute Gasteiger partial charge is 0.492 e. The molecule has 0 aliphatic carbocycles. The molecule has 4 nitrogen and oxygen atoms in total. The molecule has 1 aromatic carbocycles. The molecule has 0 fully saturated rings. The molecule has 1 rings (SSSR count). The Morgan fingerprint density at radius 3 is 2.46 bits per heavy atom. The molecule has 0 amide bonds. The fourth-order valence-electron chi connectivity index (χ4n) is 1.81. The fraction of sp³-hybridized carbons (Fsp3) is 0.444. The number of hydrogen-bond acceptors (Lipinski definition) is 4. The van der Waals surface area contributed by atoms with Crippen LogP contribution in [-0.4, -0.2) is 13.9 Å². The van der Waals surface area contributed by atoms with Gasteiger partial charge in [0.05, 0.1) is 0 Å². The molecule has 0 saturated heterocycles. The second-order valence-electron chi connectivity index (χ2n) is 5.37. The van der Waals surface area contributed by atoms with Crippen LogP contribution in [0.2, 0.25) is 0 Å². The van der Waals surface area contributed by atoms with Gasteiger partial charge < -0.3 is 8.92 Å². The maximum absolute atomic E-state index is 12.5. The lowest BCUT2D eigenvalue weighted by Gasteiger charge is -2.09. The SMILES string of the molecule is CCCCCCC#C/C(=C/OCc1ccccc1)OS(=O)(=O)C(F)(F)F. The van der Waals surface area contributed by atoms with Crippen LogP contribution >= 0.6 is 0 Å². The molecule has 0 radical (unpaired) electrons. The number of ether oxygens (including phenoxy) is 1. The lowest BCUT2D eigenvalue weighted by atomic mass is 10.2. The molecular formula is C18H21F3O4S. The highest BCUT2D eigenvalue weighted by molar-refractivity contribution is 7.87. The molecule has 0 aromatic heterocycles. The number of benzene rings is 1. The minimum absolute atomic E-state index is 0.0396. The van der Waals surface area contributed by atoms with E-state index >= 15 is 0 Å². The first kappa shape index (κ1) is 21.9. The average molecular weight is 390 g/mol. The van der Waals surface area contributed by atoms with Gasteiger partial charge in [0.25, 0.3) is 0 Å². The maximum atomic E-state index is 12.5. The van der Waals surface area contributed by atoms with Crippen molar-refractivity contribution in [3.05, 3.63) is 47.9 Å². The van der Waals surface area contributed by atoms with Gasteiger partial charge in [-0.3, -0.25) is 0 Å². The van der Waals surface area contributed by atoms with Crippen LogP contribution in [-0.2, 0) is 25.6 Å². The summed E-state index contributed by atoms with van der Waals surface area (Å²) in [4.78, 5) is 0. The maximum Gasteiger partial charge on any atom is 0.534 e. The summed E-state index contributed by atoms with van der Waals surface area (Å²) in [5.74, 6) is 4.21. The van der Waals surface area contributed by atoms with Crippen molar-refractivity contribution in [2.45, 2.75) is 51.1 Å². The number of halogens is 3. The Hall–Kier alpha value is -2.14. The number of unbranched alkanes of at least 4 members (excludes halogenated alkanes) is 4. The van der Waals surface area contributed by atoms with E-state index in [1.165, 1.54) is 0 Å². The van der Waals surface area contributed by atoms with Gasteiger partial charge in [0, 0.05) is 6.42 Å². The second kappa shape index (κ2) is 10.8. The predicted octanol–water partition coefficient (Wildman–Crippen LogP) is 4.88. The molecule has 0 aliphatic heterocycles. The van der Waals surface area contributed by atoms with E-state index in [1.54, 1.807) is 30.3 Å². The van der Waals surface area contributed by atoms with Gasteiger partial charge in [-0.2, -0.15) is 21.6 Å². The summed E-state index contributed by atoms with van der Waals surface area (Å²) in [7, 11) is -5.79. The Morgan fingerprint density at radius 2 is 1.85 bits per heavy atom. The number of alkyl halides is 3. The number of rotatable bonds is 9. The molecule has 0 bridgehead atoms. The summed E-state index contributed by atoms with van der Waals surface area (Å²) < 4.78 is 68.9. The van der Waals surface area contributed by atoms with Crippen LogP contribution in [0.5, 0.6) is 0 Å². The third kappa shape index (κ3) is 8.30. The molecule has 0 unspecified atom stereocenters. The summed E-state index contributed by atoms with van der Waals surface area (Å²) in [6.45, 7) is 2.09. The summed E-state index contributed by atoms with van der Waals surface area (Å²) in [6.07, 6.45) is 4.99. The Kier molecular flexibility index (Phi) is 9.07. The highest BCUT2D eigenvalue weighted by atomic mass is 32.2. The zero-order valence-electron chi connectivity index (χ0n) is 14.4. The summed E-state index contributed by atoms with van der Waals surface area (Å²) in [6, 6.07) is 8.84. The van der Waals surface area contributed by atoms with Crippen LogP contribution in [0, 0.1) is 11.8 Å². The molecule has 0 heterocycles. The number of allylic oxidation sites excluding steroid dienone is 1. The van der Waals surface area contributed by atoms with E-state index in [1.807, 2.05) is 6.92 Å². The van der Waals surface area contributed by atoms with Crippen LogP contribution in [0.25, 0.3) is 0 Å². The first-order valence-electron chi connectivity index (χ1n) is 8.11. The molecular weight excluding hydrogens is 369 g/mol. The van der Waals surface area contributed by atoms with Crippen LogP contribution in [0.15, 0.2) is 42.4 Å². The Labute approximate surface area is 152 Å². The van der Waals surface area contributed by atoms with E-state index in [0.29, 0.717) is 6.42 Å². The predicted molar refractivity (Wildman–Crippen MR) is 91.9 cm³/mol. The van der Waals surface area contributed by atoms with E-state index in [0.717, 1.165) is 37.5 Å². The highest BCUT2D eigenvalue weighted by Gasteiger charge is 2.48. The van der Waals surface area contributed by atoms with Crippen molar-refractivity contribution < 1.29 is 30.5 Å². The molecule has 26 heavy (non-hydrogen) atoms. The van der Waals surface area contributed by atoms with E-state index in [4.69, 9.17) is 4.74 Å². The van der Waals surface area contributed by atoms with Crippen LogP contribution in [0.4, 0.5) is 13.2 Å². The summed E-state index contributed by atoms with van der Waals surface area (Å²) >= 11 is 0. The third-order valence-electron chi connectivity index (χ3n) is 3.13. The van der Waals surface area contributed by atoms with Crippen molar-refractivity contribution in [2.24, 2.45) is 0 Å². The van der Waals surface area contributed by atoms with Crippen LogP contribution in [0.1, 0.15) is 44.6 Å². The Bertz CT molecular complexity index is 729. The summed E-state index contributed by atoms with van der Waals surface area (Å²) in [5, 5.41) is 0. The molecule has 8 heteroatoms. The quantitative estimate of drug-likeness (QED) is 0.198. The normalized spacial score (nSPS) is 12.2. The van der Waals surface area contributed by atoms with Gasteiger partial charge in [-0.05, 0) is 17.9 Å². The Balaban J connectivity index is 2.77. The lowest BCUT2D eigenvalue weighted by Crippen LogP contribution is -2.25. The van der Waals surface area contributed by atoms with Gasteiger partial charge in [-0.15, -0.1) is 0 Å². The average Bonchev–Trinajstić information content (AvgIpc) is 2.57. The summed E-state index contributed by atoms with van der Waals surface area (Å²) in [5.41, 5.74) is -4.77. The topological polar surface area (TPSA) is 52.6 Å². The first-order valence-corrected chi connectivity index (χ1v) is 9.52. The fourth-order valence-corrected chi connectivity index (χ4v) is 2.22. The van der Waals surface area contributed by atoms with Gasteiger partial charge in [-0.1, -0.05) is 62.4 Å². The van der Waals surface area contributed by atoms with E-state index in [-0.39, 0.29) is 6.61 Å². The van der Waals surface area contributed by atoms with Crippen molar-refractivity contribution >= 4 is 10.1 Å². The van der Waals surface area contributed by atoms with Gasteiger partial charge in [0.1, 0.15) is 12.9 Å². The second-order valence-corrected chi connectivity index (χ2v) is 6.91. The minimum atomic E-state index is -5.79. The molecule has 0 aliphatic rings. The van der Waals surface area contributed by atoms with Crippen molar-refractivity contribution in [3.8, 4) is 11.8 Å². The molecule has 0 atom stereocenters. The molecule has 1 aromatic rings. The molecule has 0 N–H and O–H groups in total. The Morgan fingerprint density at radius 1 is 1.15 bits per heavy atom. The largest absolute Gasteiger partial charge is 0.534 e. The van der Waals surface area contributed by atoms with Crippen molar-refractivity contribution in [1.82, 2.24) is 0 Å². The van der Waals surface area contributed by atoms with Gasteiger partial charge >= 0.3 is 15.6 Å². The van der Waals surface area contributed by atoms with Crippen molar-refractivity contribution in [1.29, 1.82) is 0 Å². The van der Waals surface area contributed by atoms with Gasteiger partial charge in [-0.25, -0.2) is 0 Å². The molecule has 0 saturated carbocycles. The zero-order chi connectivity index (χ0) is 19.5.